The molecule has 43 heavy (non-hydrogen) atoms. The number of aromatic amines is 1. The number of H-pyrrole nitrogens is 1. The second-order valence-electron chi connectivity index (χ2n) is 10.6. The maximum atomic E-state index is 13.5. The highest BCUT2D eigenvalue weighted by molar-refractivity contribution is 5.78. The molecule has 2 atom stereocenters. The fourth-order valence-electron chi connectivity index (χ4n) is 5.68. The Morgan fingerprint density at radius 3 is 2.00 bits per heavy atom. The number of carbonyl (C=O) groups is 1. The van der Waals surface area contributed by atoms with Gasteiger partial charge in [0.05, 0.1) is 36.6 Å². The molecule has 5 nitrogen and oxygen atoms in total. The van der Waals surface area contributed by atoms with Gasteiger partial charge < -0.3 is 14.6 Å². The highest BCUT2D eigenvalue weighted by atomic mass is 19.4. The number of ether oxygens (including phenoxy) is 1. The number of rotatable bonds is 8. The number of hydrogen-bond donors (Lipinski definition) is 1. The average Bonchev–Trinajstić information content (AvgIpc) is 3.50. The number of nitrogens with one attached hydrogen (secondary N) is 1. The van der Waals surface area contributed by atoms with Crippen LogP contribution in [-0.2, 0) is 34.9 Å². The number of carbonyl (C=O) groups excluding carboxylic acids is 1. The van der Waals surface area contributed by atoms with Gasteiger partial charge in [-0.25, -0.2) is 4.98 Å². The van der Waals surface area contributed by atoms with Crippen LogP contribution in [0.15, 0.2) is 91.4 Å². The van der Waals surface area contributed by atoms with Crippen molar-refractivity contribution in [2.75, 3.05) is 13.1 Å². The summed E-state index contributed by atoms with van der Waals surface area (Å²) in [5, 5.41) is 0. The van der Waals surface area contributed by atoms with Crippen molar-refractivity contribution < 1.29 is 35.9 Å². The van der Waals surface area contributed by atoms with Gasteiger partial charge in [0.25, 0.3) is 0 Å². The number of amides is 1. The van der Waals surface area contributed by atoms with Crippen molar-refractivity contribution >= 4 is 5.91 Å². The molecule has 1 fully saturated rings. The third-order valence-electron chi connectivity index (χ3n) is 7.70. The Balaban J connectivity index is 1.47. The summed E-state index contributed by atoms with van der Waals surface area (Å²) < 4.78 is 87.0. The molecule has 2 heterocycles. The summed E-state index contributed by atoms with van der Waals surface area (Å²) in [6, 6.07) is 20.7. The molecule has 0 saturated carbocycles. The van der Waals surface area contributed by atoms with Gasteiger partial charge in [-0.05, 0) is 41.3 Å². The topological polar surface area (TPSA) is 58.2 Å². The number of piperidine rings is 1. The highest BCUT2D eigenvalue weighted by Gasteiger charge is 2.40. The Kier molecular flexibility index (Phi) is 8.91. The Bertz CT molecular complexity index is 1420. The van der Waals surface area contributed by atoms with Gasteiger partial charge in [-0.1, -0.05) is 60.7 Å². The molecule has 1 aliphatic rings. The standard InChI is InChI=1S/C32H29F6N3O2/c33-31(34,35)24-13-21(14-25(15-24)32(36,37)38)19-43-28-11-12-41(29(42)16-26-17-39-20-40-26)18-27(28)30(22-7-3-1-4-8-22)23-9-5-2-6-10-23/h1-10,13-15,17,20,27-28,30H,11-12,16,18-19H2,(H,39,40)/t27-,28+/m1/s1. The molecular formula is C32H29F6N3O2. The number of nitrogens with zero attached hydrogens (tertiary/aromatic N) is 2. The Morgan fingerprint density at radius 2 is 1.49 bits per heavy atom. The molecule has 226 valence electrons. The SMILES string of the molecule is O=C(Cc1cnc[nH]1)N1CC[C@H](OCc2cc(C(F)(F)F)cc(C(F)(F)F)c2)[C@H](C(c2ccccc2)c2ccccc2)C1. The van der Waals surface area contributed by atoms with Crippen LogP contribution in [-0.4, -0.2) is 40.0 Å². The van der Waals surface area contributed by atoms with Crippen LogP contribution in [0, 0.1) is 5.92 Å². The molecular weight excluding hydrogens is 572 g/mol. The molecule has 4 aromatic rings. The molecule has 1 aromatic heterocycles. The van der Waals surface area contributed by atoms with Gasteiger partial charge in [0.15, 0.2) is 0 Å². The van der Waals surface area contributed by atoms with Crippen LogP contribution in [0.2, 0.25) is 0 Å². The minimum atomic E-state index is -4.95. The van der Waals surface area contributed by atoms with E-state index in [-0.39, 0.29) is 42.3 Å². The summed E-state index contributed by atoms with van der Waals surface area (Å²) in [4.78, 5) is 21.9. The molecule has 1 amide bonds. The lowest BCUT2D eigenvalue weighted by Gasteiger charge is -2.42. The van der Waals surface area contributed by atoms with Crippen molar-refractivity contribution in [3.05, 3.63) is 125 Å². The van der Waals surface area contributed by atoms with E-state index in [9.17, 15) is 31.1 Å². The molecule has 11 heteroatoms. The molecule has 1 aliphatic heterocycles. The van der Waals surface area contributed by atoms with Crippen molar-refractivity contribution in [3.63, 3.8) is 0 Å². The van der Waals surface area contributed by atoms with Crippen LogP contribution in [0.4, 0.5) is 26.3 Å². The number of hydrogen-bond acceptors (Lipinski definition) is 3. The Labute approximate surface area is 244 Å². The van der Waals surface area contributed by atoms with Gasteiger partial charge >= 0.3 is 12.4 Å². The highest BCUT2D eigenvalue weighted by Crippen LogP contribution is 2.40. The van der Waals surface area contributed by atoms with Crippen molar-refractivity contribution in [2.24, 2.45) is 5.92 Å². The summed E-state index contributed by atoms with van der Waals surface area (Å²) in [5.74, 6) is -0.736. The molecule has 0 spiro atoms. The van der Waals surface area contributed by atoms with E-state index in [4.69, 9.17) is 4.74 Å². The predicted molar refractivity (Wildman–Crippen MR) is 147 cm³/mol. The summed E-state index contributed by atoms with van der Waals surface area (Å²) >= 11 is 0. The van der Waals surface area contributed by atoms with Crippen LogP contribution in [0.1, 0.15) is 45.8 Å². The van der Waals surface area contributed by atoms with E-state index in [0.29, 0.717) is 30.8 Å². The first-order chi connectivity index (χ1) is 20.5. The van der Waals surface area contributed by atoms with E-state index >= 15 is 0 Å². The molecule has 0 radical (unpaired) electrons. The van der Waals surface area contributed by atoms with E-state index in [0.717, 1.165) is 11.1 Å². The van der Waals surface area contributed by atoms with Crippen molar-refractivity contribution in [1.82, 2.24) is 14.9 Å². The first kappa shape index (κ1) is 30.3. The van der Waals surface area contributed by atoms with Gasteiger partial charge in [-0.3, -0.25) is 4.79 Å². The van der Waals surface area contributed by atoms with E-state index in [2.05, 4.69) is 9.97 Å². The monoisotopic (exact) mass is 601 g/mol. The fourth-order valence-corrected chi connectivity index (χ4v) is 5.68. The van der Waals surface area contributed by atoms with Crippen molar-refractivity contribution in [3.8, 4) is 0 Å². The molecule has 0 aliphatic carbocycles. The van der Waals surface area contributed by atoms with Crippen LogP contribution in [0.3, 0.4) is 0 Å². The summed E-state index contributed by atoms with van der Waals surface area (Å²) in [7, 11) is 0. The number of likely N-dealkylation sites (tertiary alicyclic amines) is 1. The zero-order chi connectivity index (χ0) is 30.6. The fraction of sp³-hybridized carbons (Fsp3) is 0.312. The third kappa shape index (κ3) is 7.45. The summed E-state index contributed by atoms with van der Waals surface area (Å²) in [5.41, 5.74) is -0.435. The molecule has 0 bridgehead atoms. The van der Waals surface area contributed by atoms with Crippen LogP contribution < -0.4 is 0 Å². The quantitative estimate of drug-likeness (QED) is 0.217. The number of imidazole rings is 1. The van der Waals surface area contributed by atoms with Gasteiger partial charge in [0, 0.05) is 36.8 Å². The van der Waals surface area contributed by atoms with Crippen molar-refractivity contribution in [2.45, 2.75) is 43.8 Å². The predicted octanol–water partition coefficient (Wildman–Crippen LogP) is 7.26. The largest absolute Gasteiger partial charge is 0.416 e. The minimum Gasteiger partial charge on any atom is -0.373 e. The minimum absolute atomic E-state index is 0.108. The summed E-state index contributed by atoms with van der Waals surface area (Å²) in [6.07, 6.45) is -6.94. The Morgan fingerprint density at radius 1 is 0.907 bits per heavy atom. The number of aromatic nitrogens is 2. The van der Waals surface area contributed by atoms with E-state index in [1.165, 1.54) is 6.33 Å². The van der Waals surface area contributed by atoms with Crippen LogP contribution in [0.25, 0.3) is 0 Å². The van der Waals surface area contributed by atoms with E-state index in [1.54, 1.807) is 11.1 Å². The molecule has 1 saturated heterocycles. The smallest absolute Gasteiger partial charge is 0.373 e. The van der Waals surface area contributed by atoms with Gasteiger partial charge in [0.2, 0.25) is 5.91 Å². The number of halogens is 6. The molecule has 0 unspecified atom stereocenters. The van der Waals surface area contributed by atoms with Crippen LogP contribution >= 0.6 is 0 Å². The lowest BCUT2D eigenvalue weighted by Crippen LogP contribution is -2.49. The second-order valence-corrected chi connectivity index (χ2v) is 10.6. The number of benzene rings is 3. The van der Waals surface area contributed by atoms with E-state index < -0.39 is 36.2 Å². The molecule has 1 N–H and O–H groups in total. The summed E-state index contributed by atoms with van der Waals surface area (Å²) in [6.45, 7) is 0.149. The average molecular weight is 602 g/mol. The van der Waals surface area contributed by atoms with Crippen LogP contribution in [0.5, 0.6) is 0 Å². The van der Waals surface area contributed by atoms with Gasteiger partial charge in [0.1, 0.15) is 0 Å². The lowest BCUT2D eigenvalue weighted by atomic mass is 9.75. The molecule has 5 rings (SSSR count). The normalized spacial score (nSPS) is 17.8. The Hall–Kier alpha value is -4.12. The van der Waals surface area contributed by atoms with E-state index in [1.807, 2.05) is 60.7 Å². The van der Waals surface area contributed by atoms with Gasteiger partial charge in [-0.15, -0.1) is 0 Å². The first-order valence-electron chi connectivity index (χ1n) is 13.7. The molecule has 3 aromatic carbocycles. The zero-order valence-corrected chi connectivity index (χ0v) is 22.9. The lowest BCUT2D eigenvalue weighted by molar-refractivity contribution is -0.143. The third-order valence-corrected chi connectivity index (χ3v) is 7.70. The maximum absolute atomic E-state index is 13.5. The van der Waals surface area contributed by atoms with Crippen molar-refractivity contribution in [1.29, 1.82) is 0 Å². The second kappa shape index (κ2) is 12.6. The zero-order valence-electron chi connectivity index (χ0n) is 22.9. The first-order valence-corrected chi connectivity index (χ1v) is 13.7. The maximum Gasteiger partial charge on any atom is 0.416 e. The number of alkyl halides is 6. The van der Waals surface area contributed by atoms with Gasteiger partial charge in [-0.2, -0.15) is 26.3 Å².